The maximum atomic E-state index is 12.9. The van der Waals surface area contributed by atoms with E-state index in [0.717, 1.165) is 68.1 Å². The van der Waals surface area contributed by atoms with Crippen molar-refractivity contribution in [3.8, 4) is 0 Å². The molecular formula is C29H38N8O3. The number of fused-ring (bicyclic) bond motifs is 2. The molecule has 0 atom stereocenters. The van der Waals surface area contributed by atoms with Gasteiger partial charge in [0.1, 0.15) is 11.3 Å². The minimum absolute atomic E-state index is 0.0430. The Kier molecular flexibility index (Phi) is 8.32. The van der Waals surface area contributed by atoms with Gasteiger partial charge in [0.05, 0.1) is 27.8 Å². The van der Waals surface area contributed by atoms with Crippen LogP contribution in [0.15, 0.2) is 36.4 Å². The summed E-state index contributed by atoms with van der Waals surface area (Å²) in [6, 6.07) is 11.3. The second-order valence-electron chi connectivity index (χ2n) is 10.9. The Hall–Kier alpha value is -3.96. The van der Waals surface area contributed by atoms with Gasteiger partial charge >= 0.3 is 0 Å². The van der Waals surface area contributed by atoms with Crippen LogP contribution in [-0.4, -0.2) is 75.6 Å². The third-order valence-corrected chi connectivity index (χ3v) is 7.71. The molecule has 0 unspecified atom stereocenters. The number of carbonyl (C=O) groups is 2. The van der Waals surface area contributed by atoms with Crippen molar-refractivity contribution in [3.05, 3.63) is 47.8 Å². The number of imidazole rings is 2. The van der Waals surface area contributed by atoms with Gasteiger partial charge in [-0.3, -0.25) is 14.8 Å². The fourth-order valence-electron chi connectivity index (χ4n) is 5.52. The number of rotatable bonds is 11. The predicted octanol–water partition coefficient (Wildman–Crippen LogP) is 3.84. The van der Waals surface area contributed by atoms with Gasteiger partial charge in [-0.05, 0) is 82.9 Å². The molecule has 0 saturated carbocycles. The normalized spacial score (nSPS) is 14.4. The maximum Gasteiger partial charge on any atom is 0.253 e. The van der Waals surface area contributed by atoms with Crippen LogP contribution in [0.2, 0.25) is 0 Å². The molecule has 11 nitrogen and oxygen atoms in total. The van der Waals surface area contributed by atoms with E-state index in [2.05, 4.69) is 24.8 Å². The van der Waals surface area contributed by atoms with Crippen molar-refractivity contribution in [2.24, 2.45) is 11.7 Å². The smallest absolute Gasteiger partial charge is 0.253 e. The molecule has 2 aromatic heterocycles. The molecule has 0 radical (unpaired) electrons. The molecule has 0 bridgehead atoms. The topological polar surface area (TPSA) is 147 Å². The number of primary amides is 1. The van der Waals surface area contributed by atoms with Gasteiger partial charge in [0.25, 0.3) is 11.8 Å². The summed E-state index contributed by atoms with van der Waals surface area (Å²) in [7, 11) is 4.02. The molecule has 2 amide bonds. The molecule has 0 aliphatic carbocycles. The van der Waals surface area contributed by atoms with Gasteiger partial charge in [0, 0.05) is 25.9 Å². The lowest BCUT2D eigenvalue weighted by Crippen LogP contribution is -2.34. The molecule has 5 rings (SSSR count). The molecule has 1 aliphatic heterocycles. The van der Waals surface area contributed by atoms with Gasteiger partial charge in [-0.15, -0.1) is 0 Å². The minimum Gasteiger partial charge on any atom is -0.365 e. The van der Waals surface area contributed by atoms with Crippen molar-refractivity contribution in [3.63, 3.8) is 0 Å². The number of benzene rings is 2. The van der Waals surface area contributed by atoms with Crippen LogP contribution >= 0.6 is 0 Å². The van der Waals surface area contributed by atoms with Gasteiger partial charge in [0.2, 0.25) is 5.95 Å². The number of amides is 2. The van der Waals surface area contributed by atoms with Crippen LogP contribution in [0.3, 0.4) is 0 Å². The number of carbonyl (C=O) groups excluding carboxylic acids is 2. The summed E-state index contributed by atoms with van der Waals surface area (Å²) in [4.78, 5) is 45.5. The number of piperidine rings is 1. The summed E-state index contributed by atoms with van der Waals surface area (Å²) in [5, 5.41) is 11.3. The lowest BCUT2D eigenvalue weighted by Gasteiger charge is -2.31. The highest BCUT2D eigenvalue weighted by Crippen LogP contribution is 2.29. The molecule has 1 aliphatic rings. The van der Waals surface area contributed by atoms with E-state index in [-0.39, 0.29) is 17.7 Å². The van der Waals surface area contributed by atoms with Crippen LogP contribution in [0.25, 0.3) is 22.1 Å². The number of hydrogen-bond acceptors (Lipinski definition) is 7. The summed E-state index contributed by atoms with van der Waals surface area (Å²) >= 11 is 0. The minimum atomic E-state index is -0.741. The second-order valence-corrected chi connectivity index (χ2v) is 10.9. The third kappa shape index (κ3) is 6.10. The number of hydroxylamine groups is 1. The van der Waals surface area contributed by atoms with Crippen molar-refractivity contribution in [2.75, 3.05) is 43.7 Å². The number of nitrogens with two attached hydrogens (primary N) is 1. The Labute approximate surface area is 233 Å². The van der Waals surface area contributed by atoms with Crippen molar-refractivity contribution in [1.29, 1.82) is 0 Å². The summed E-state index contributed by atoms with van der Waals surface area (Å²) in [6.45, 7) is 2.73. The average molecular weight is 547 g/mol. The average Bonchev–Trinajstić information content (AvgIpc) is 3.56. The SMILES string of the molecule is CN(C)CCCc1nc2c(C(N)=O)c(N(O)C(=O)CCCC3CCN(c4nc5ccccc5[nH]4)CC3)ccc2[nH]1. The van der Waals surface area contributed by atoms with E-state index in [4.69, 9.17) is 10.7 Å². The molecule has 3 heterocycles. The Bertz CT molecular complexity index is 1450. The summed E-state index contributed by atoms with van der Waals surface area (Å²) in [5.41, 5.74) is 8.81. The highest BCUT2D eigenvalue weighted by Gasteiger charge is 2.25. The summed E-state index contributed by atoms with van der Waals surface area (Å²) in [5.74, 6) is 0.940. The fraction of sp³-hybridized carbons (Fsp3) is 0.448. The van der Waals surface area contributed by atoms with Crippen molar-refractivity contribution in [1.82, 2.24) is 24.8 Å². The highest BCUT2D eigenvalue weighted by atomic mass is 16.5. The number of anilines is 2. The molecule has 11 heteroatoms. The molecule has 1 fully saturated rings. The Balaban J connectivity index is 1.15. The third-order valence-electron chi connectivity index (χ3n) is 7.71. The lowest BCUT2D eigenvalue weighted by atomic mass is 9.91. The zero-order valence-electron chi connectivity index (χ0n) is 23.2. The number of nitrogens with zero attached hydrogens (tertiary/aromatic N) is 5. The van der Waals surface area contributed by atoms with Crippen molar-refractivity contribution in [2.45, 2.75) is 44.9 Å². The monoisotopic (exact) mass is 546 g/mol. The van der Waals surface area contributed by atoms with E-state index in [9.17, 15) is 14.8 Å². The Morgan fingerprint density at radius 3 is 2.55 bits per heavy atom. The van der Waals surface area contributed by atoms with Gasteiger partial charge < -0.3 is 25.5 Å². The maximum absolute atomic E-state index is 12.9. The molecule has 1 saturated heterocycles. The van der Waals surface area contributed by atoms with Gasteiger partial charge in [-0.2, -0.15) is 5.06 Å². The first-order chi connectivity index (χ1) is 19.3. The van der Waals surface area contributed by atoms with E-state index in [0.29, 0.717) is 34.9 Å². The van der Waals surface area contributed by atoms with Gasteiger partial charge in [-0.1, -0.05) is 12.1 Å². The fourth-order valence-corrected chi connectivity index (χ4v) is 5.52. The predicted molar refractivity (Wildman–Crippen MR) is 156 cm³/mol. The van der Waals surface area contributed by atoms with Crippen LogP contribution < -0.4 is 15.7 Å². The molecule has 0 spiro atoms. The number of aromatic amines is 2. The number of aromatic nitrogens is 4. The molecule has 40 heavy (non-hydrogen) atoms. The van der Waals surface area contributed by atoms with E-state index >= 15 is 0 Å². The van der Waals surface area contributed by atoms with Crippen LogP contribution in [-0.2, 0) is 11.2 Å². The van der Waals surface area contributed by atoms with Gasteiger partial charge in [-0.25, -0.2) is 9.97 Å². The van der Waals surface area contributed by atoms with E-state index in [1.54, 1.807) is 6.07 Å². The number of hydrogen-bond donors (Lipinski definition) is 4. The van der Waals surface area contributed by atoms with Crippen LogP contribution in [0, 0.1) is 5.92 Å². The van der Waals surface area contributed by atoms with Crippen molar-refractivity contribution < 1.29 is 14.8 Å². The Morgan fingerprint density at radius 2 is 1.82 bits per heavy atom. The number of para-hydroxylation sites is 2. The lowest BCUT2D eigenvalue weighted by molar-refractivity contribution is -0.123. The zero-order valence-corrected chi connectivity index (χ0v) is 23.2. The zero-order chi connectivity index (χ0) is 28.2. The second kappa shape index (κ2) is 12.1. The van der Waals surface area contributed by atoms with Crippen LogP contribution in [0.1, 0.15) is 54.7 Å². The first kappa shape index (κ1) is 27.6. The summed E-state index contributed by atoms with van der Waals surface area (Å²) in [6.07, 6.45) is 5.36. The number of H-pyrrole nitrogens is 2. The standard InChI is InChI=1S/C29H38N8O3/c1-35(2)16-6-10-24-31-22-12-13-23(26(28(30)39)27(22)34-24)37(40)25(38)11-5-7-19-14-17-36(18-15-19)29-32-20-8-3-4-9-21(20)33-29/h3-4,8-9,12-13,19,40H,5-7,10-11,14-18H2,1-2H3,(H2,30,39)(H,31,34)(H,32,33). The molecule has 4 aromatic rings. The van der Waals surface area contributed by atoms with Crippen molar-refractivity contribution >= 4 is 45.5 Å². The quantitative estimate of drug-likeness (QED) is 0.165. The first-order valence-corrected chi connectivity index (χ1v) is 14.0. The summed E-state index contributed by atoms with van der Waals surface area (Å²) < 4.78 is 0. The van der Waals surface area contributed by atoms with E-state index in [1.165, 1.54) is 6.07 Å². The van der Waals surface area contributed by atoms with Crippen LogP contribution in [0.4, 0.5) is 11.6 Å². The molecule has 212 valence electrons. The number of nitrogens with one attached hydrogen (secondary N) is 2. The highest BCUT2D eigenvalue weighted by molar-refractivity contribution is 6.11. The molecular weight excluding hydrogens is 508 g/mol. The van der Waals surface area contributed by atoms with Crippen LogP contribution in [0.5, 0.6) is 0 Å². The first-order valence-electron chi connectivity index (χ1n) is 14.0. The molecule has 2 aromatic carbocycles. The Morgan fingerprint density at radius 1 is 1.05 bits per heavy atom. The van der Waals surface area contributed by atoms with E-state index < -0.39 is 11.8 Å². The van der Waals surface area contributed by atoms with E-state index in [1.807, 2.05) is 38.4 Å². The molecule has 5 N–H and O–H groups in total. The van der Waals surface area contributed by atoms with Gasteiger partial charge in [0.15, 0.2) is 0 Å². The number of aryl methyl sites for hydroxylation is 1. The largest absolute Gasteiger partial charge is 0.365 e.